The van der Waals surface area contributed by atoms with Gasteiger partial charge in [-0.1, -0.05) is 29.8 Å². The van der Waals surface area contributed by atoms with Gasteiger partial charge in [-0.2, -0.15) is 5.26 Å². The van der Waals surface area contributed by atoms with Gasteiger partial charge in [0.1, 0.15) is 11.6 Å². The molecule has 9 heteroatoms. The van der Waals surface area contributed by atoms with E-state index in [0.29, 0.717) is 23.7 Å². The van der Waals surface area contributed by atoms with Crippen LogP contribution in [0.5, 0.6) is 0 Å². The third-order valence-corrected chi connectivity index (χ3v) is 4.67. The van der Waals surface area contributed by atoms with Crippen molar-refractivity contribution >= 4 is 33.2 Å². The van der Waals surface area contributed by atoms with Crippen LogP contribution in [0, 0.1) is 11.3 Å². The number of carbonyl (C=O) groups is 1. The molecular formula is C18H17ClN4O3S. The quantitative estimate of drug-likeness (QED) is 0.370. The summed E-state index contributed by atoms with van der Waals surface area (Å²) in [6, 6.07) is 14.6. The van der Waals surface area contributed by atoms with Gasteiger partial charge < -0.3 is 10.6 Å². The summed E-state index contributed by atoms with van der Waals surface area (Å²) in [5.74, 6) is -0.551. The molecule has 1 amide bonds. The van der Waals surface area contributed by atoms with E-state index in [4.69, 9.17) is 22.0 Å². The second kappa shape index (κ2) is 9.19. The van der Waals surface area contributed by atoms with Crippen LogP contribution in [0.1, 0.15) is 5.56 Å². The molecule has 0 saturated carbocycles. The summed E-state index contributed by atoms with van der Waals surface area (Å²) >= 11 is 5.85. The van der Waals surface area contributed by atoms with Crippen molar-refractivity contribution in [2.45, 2.75) is 11.3 Å². The molecule has 0 bridgehead atoms. The van der Waals surface area contributed by atoms with Gasteiger partial charge in [0.15, 0.2) is 0 Å². The number of benzene rings is 2. The molecule has 7 nitrogen and oxygen atoms in total. The van der Waals surface area contributed by atoms with Gasteiger partial charge in [0, 0.05) is 23.5 Å². The number of sulfonamides is 1. The van der Waals surface area contributed by atoms with E-state index < -0.39 is 15.9 Å². The molecule has 0 radical (unpaired) electrons. The van der Waals surface area contributed by atoms with E-state index in [-0.39, 0.29) is 10.5 Å². The summed E-state index contributed by atoms with van der Waals surface area (Å²) in [6.07, 6.45) is 1.90. The third-order valence-electron chi connectivity index (χ3n) is 3.50. The van der Waals surface area contributed by atoms with E-state index in [1.807, 2.05) is 6.07 Å². The van der Waals surface area contributed by atoms with Crippen molar-refractivity contribution in [1.29, 1.82) is 5.26 Å². The predicted octanol–water partition coefficient (Wildman–Crippen LogP) is 2.17. The molecule has 2 rings (SSSR count). The first-order chi connectivity index (χ1) is 12.8. The van der Waals surface area contributed by atoms with Crippen molar-refractivity contribution in [2.24, 2.45) is 5.14 Å². The van der Waals surface area contributed by atoms with Crippen LogP contribution in [0.25, 0.3) is 0 Å². The number of hydrogen-bond donors (Lipinski definition) is 3. The summed E-state index contributed by atoms with van der Waals surface area (Å²) in [7, 11) is -3.71. The highest BCUT2D eigenvalue weighted by atomic mass is 35.5. The lowest BCUT2D eigenvalue weighted by Crippen LogP contribution is -2.18. The maximum Gasteiger partial charge on any atom is 0.267 e. The number of anilines is 1. The maximum atomic E-state index is 12.1. The Bertz CT molecular complexity index is 996. The Morgan fingerprint density at radius 3 is 2.52 bits per heavy atom. The number of nitrogens with one attached hydrogen (secondary N) is 2. The van der Waals surface area contributed by atoms with E-state index in [1.165, 1.54) is 18.3 Å². The van der Waals surface area contributed by atoms with Crippen LogP contribution in [-0.4, -0.2) is 20.9 Å². The van der Waals surface area contributed by atoms with Gasteiger partial charge in [0.2, 0.25) is 10.0 Å². The van der Waals surface area contributed by atoms with Crippen molar-refractivity contribution < 1.29 is 13.2 Å². The summed E-state index contributed by atoms with van der Waals surface area (Å²) < 4.78 is 22.4. The number of rotatable bonds is 7. The van der Waals surface area contributed by atoms with Gasteiger partial charge in [-0.25, -0.2) is 13.6 Å². The highest BCUT2D eigenvalue weighted by Crippen LogP contribution is 2.15. The molecule has 0 aliphatic rings. The van der Waals surface area contributed by atoms with Gasteiger partial charge in [0.05, 0.1) is 4.90 Å². The predicted molar refractivity (Wildman–Crippen MR) is 103 cm³/mol. The third kappa shape index (κ3) is 6.42. The summed E-state index contributed by atoms with van der Waals surface area (Å²) in [5, 5.41) is 20.1. The zero-order valence-electron chi connectivity index (χ0n) is 14.1. The number of amides is 1. The van der Waals surface area contributed by atoms with Crippen molar-refractivity contribution in [3.63, 3.8) is 0 Å². The van der Waals surface area contributed by atoms with E-state index >= 15 is 0 Å². The van der Waals surface area contributed by atoms with E-state index in [9.17, 15) is 13.2 Å². The molecule has 2 aromatic carbocycles. The SMILES string of the molecule is N#C/C(=C/NCCc1ccc(S(N)(=O)=O)cc1)C(=O)Nc1cccc(Cl)c1. The second-order valence-electron chi connectivity index (χ2n) is 5.53. The molecule has 140 valence electrons. The molecule has 27 heavy (non-hydrogen) atoms. The molecule has 0 heterocycles. The number of halogens is 1. The lowest BCUT2D eigenvalue weighted by Gasteiger charge is -2.06. The minimum absolute atomic E-state index is 0.0450. The smallest absolute Gasteiger partial charge is 0.267 e. The number of carbonyl (C=O) groups excluding carboxylic acids is 1. The summed E-state index contributed by atoms with van der Waals surface area (Å²) in [5.41, 5.74) is 1.29. The van der Waals surface area contributed by atoms with Gasteiger partial charge in [-0.05, 0) is 42.3 Å². The molecule has 0 unspecified atom stereocenters. The summed E-state index contributed by atoms with van der Waals surface area (Å²) in [4.78, 5) is 12.1. The average Bonchev–Trinajstić information content (AvgIpc) is 2.61. The standard InChI is InChI=1S/C18H17ClN4O3S/c19-15-2-1-3-16(10-15)23-18(24)14(11-20)12-22-9-8-13-4-6-17(7-5-13)27(21,25)26/h1-7,10,12,22H,8-9H2,(H,23,24)(H2,21,25,26)/b14-12-. The van der Waals surface area contributed by atoms with Crippen LogP contribution in [0.2, 0.25) is 5.02 Å². The fourth-order valence-electron chi connectivity index (χ4n) is 2.15. The van der Waals surface area contributed by atoms with Gasteiger partial charge in [-0.15, -0.1) is 0 Å². The Hall–Kier alpha value is -2.86. The molecular weight excluding hydrogens is 388 g/mol. The lowest BCUT2D eigenvalue weighted by molar-refractivity contribution is -0.112. The first-order valence-electron chi connectivity index (χ1n) is 7.82. The molecule has 4 N–H and O–H groups in total. The van der Waals surface area contributed by atoms with Crippen LogP contribution in [0.4, 0.5) is 5.69 Å². The number of hydrogen-bond acceptors (Lipinski definition) is 5. The Morgan fingerprint density at radius 2 is 1.93 bits per heavy atom. The Balaban J connectivity index is 1.89. The van der Waals surface area contributed by atoms with Crippen LogP contribution >= 0.6 is 11.6 Å². The van der Waals surface area contributed by atoms with Crippen molar-refractivity contribution in [3.05, 3.63) is 70.9 Å². The number of nitrogens with zero attached hydrogens (tertiary/aromatic N) is 1. The molecule has 0 spiro atoms. The van der Waals surface area contributed by atoms with Crippen LogP contribution in [-0.2, 0) is 21.2 Å². The van der Waals surface area contributed by atoms with E-state index in [1.54, 1.807) is 36.4 Å². The zero-order valence-corrected chi connectivity index (χ0v) is 15.7. The molecule has 0 aliphatic carbocycles. The van der Waals surface area contributed by atoms with Crippen LogP contribution < -0.4 is 15.8 Å². The average molecular weight is 405 g/mol. The first-order valence-corrected chi connectivity index (χ1v) is 9.74. The van der Waals surface area contributed by atoms with Crippen LogP contribution in [0.3, 0.4) is 0 Å². The first kappa shape index (κ1) is 20.5. The number of nitrogens with two attached hydrogens (primary N) is 1. The highest BCUT2D eigenvalue weighted by Gasteiger charge is 2.09. The van der Waals surface area contributed by atoms with Crippen molar-refractivity contribution in [2.75, 3.05) is 11.9 Å². The Labute approximate surface area is 162 Å². The minimum atomic E-state index is -3.71. The molecule has 0 atom stereocenters. The lowest BCUT2D eigenvalue weighted by atomic mass is 10.1. The van der Waals surface area contributed by atoms with Gasteiger partial charge in [-0.3, -0.25) is 4.79 Å². The van der Waals surface area contributed by atoms with Gasteiger partial charge >= 0.3 is 0 Å². The topological polar surface area (TPSA) is 125 Å². The molecule has 0 aromatic heterocycles. The number of nitriles is 1. The molecule has 0 fully saturated rings. The molecule has 0 aliphatic heterocycles. The van der Waals surface area contributed by atoms with E-state index in [0.717, 1.165) is 5.56 Å². The van der Waals surface area contributed by atoms with Crippen LogP contribution in [0.15, 0.2) is 65.2 Å². The molecule has 0 saturated heterocycles. The molecule has 2 aromatic rings. The second-order valence-corrected chi connectivity index (χ2v) is 7.53. The fourth-order valence-corrected chi connectivity index (χ4v) is 2.86. The Kier molecular flexibility index (Phi) is 6.96. The summed E-state index contributed by atoms with van der Waals surface area (Å²) in [6.45, 7) is 0.449. The van der Waals surface area contributed by atoms with Crippen molar-refractivity contribution in [1.82, 2.24) is 5.32 Å². The zero-order chi connectivity index (χ0) is 19.9. The monoisotopic (exact) mass is 404 g/mol. The normalized spacial score (nSPS) is 11.5. The fraction of sp³-hybridized carbons (Fsp3) is 0.111. The minimum Gasteiger partial charge on any atom is -0.389 e. The number of primary sulfonamides is 1. The van der Waals surface area contributed by atoms with E-state index in [2.05, 4.69) is 10.6 Å². The maximum absolute atomic E-state index is 12.1. The van der Waals surface area contributed by atoms with Crippen molar-refractivity contribution in [3.8, 4) is 6.07 Å². The largest absolute Gasteiger partial charge is 0.389 e. The highest BCUT2D eigenvalue weighted by molar-refractivity contribution is 7.89. The van der Waals surface area contributed by atoms with Gasteiger partial charge in [0.25, 0.3) is 5.91 Å². The Morgan fingerprint density at radius 1 is 1.22 bits per heavy atom.